The van der Waals surface area contributed by atoms with E-state index in [-0.39, 0.29) is 5.91 Å². The fourth-order valence-electron chi connectivity index (χ4n) is 2.00. The SMILES string of the molecule is O=C(Nc1cccc(-n2ccnc2)c1)c1ccccc1Br. The zero-order valence-electron chi connectivity index (χ0n) is 11.0. The largest absolute Gasteiger partial charge is 0.322 e. The van der Waals surface area contributed by atoms with Crippen LogP contribution in [-0.2, 0) is 0 Å². The van der Waals surface area contributed by atoms with Crippen molar-refractivity contribution in [1.29, 1.82) is 0 Å². The molecule has 0 saturated heterocycles. The molecule has 0 unspecified atom stereocenters. The summed E-state index contributed by atoms with van der Waals surface area (Å²) in [5.74, 6) is -0.148. The topological polar surface area (TPSA) is 46.9 Å². The predicted octanol–water partition coefficient (Wildman–Crippen LogP) is 3.89. The van der Waals surface area contributed by atoms with E-state index in [1.807, 2.05) is 53.2 Å². The number of rotatable bonds is 3. The van der Waals surface area contributed by atoms with Gasteiger partial charge in [0.2, 0.25) is 0 Å². The lowest BCUT2D eigenvalue weighted by atomic mass is 10.2. The summed E-state index contributed by atoms with van der Waals surface area (Å²) in [6.45, 7) is 0. The Labute approximate surface area is 130 Å². The molecule has 4 nitrogen and oxygen atoms in total. The molecule has 3 rings (SSSR count). The van der Waals surface area contributed by atoms with Crippen LogP contribution in [0.5, 0.6) is 0 Å². The smallest absolute Gasteiger partial charge is 0.256 e. The number of nitrogens with one attached hydrogen (secondary N) is 1. The van der Waals surface area contributed by atoms with E-state index in [2.05, 4.69) is 26.2 Å². The summed E-state index contributed by atoms with van der Waals surface area (Å²) >= 11 is 3.38. The van der Waals surface area contributed by atoms with Gasteiger partial charge in [-0.15, -0.1) is 0 Å². The third-order valence-corrected chi connectivity index (χ3v) is 3.72. The van der Waals surface area contributed by atoms with Crippen LogP contribution < -0.4 is 5.32 Å². The highest BCUT2D eigenvalue weighted by Gasteiger charge is 2.09. The van der Waals surface area contributed by atoms with E-state index in [9.17, 15) is 4.79 Å². The van der Waals surface area contributed by atoms with Crippen molar-refractivity contribution in [3.63, 3.8) is 0 Å². The number of anilines is 1. The van der Waals surface area contributed by atoms with Gasteiger partial charge in [0, 0.05) is 28.2 Å². The van der Waals surface area contributed by atoms with Gasteiger partial charge in [0.05, 0.1) is 11.9 Å². The number of benzene rings is 2. The van der Waals surface area contributed by atoms with Crippen LogP contribution in [0.2, 0.25) is 0 Å². The number of aromatic nitrogens is 2. The fraction of sp³-hybridized carbons (Fsp3) is 0. The van der Waals surface area contributed by atoms with Crippen molar-refractivity contribution in [2.75, 3.05) is 5.32 Å². The molecule has 21 heavy (non-hydrogen) atoms. The molecule has 2 aromatic carbocycles. The maximum atomic E-state index is 12.3. The minimum atomic E-state index is -0.148. The van der Waals surface area contributed by atoms with Crippen molar-refractivity contribution >= 4 is 27.5 Å². The summed E-state index contributed by atoms with van der Waals surface area (Å²) in [6.07, 6.45) is 5.29. The lowest BCUT2D eigenvalue weighted by Crippen LogP contribution is -2.12. The summed E-state index contributed by atoms with van der Waals surface area (Å²) in [5, 5.41) is 2.90. The van der Waals surface area contributed by atoms with Gasteiger partial charge >= 0.3 is 0 Å². The summed E-state index contributed by atoms with van der Waals surface area (Å²) in [6, 6.07) is 14.9. The molecule has 0 aliphatic heterocycles. The molecule has 1 amide bonds. The minimum Gasteiger partial charge on any atom is -0.322 e. The Morgan fingerprint density at radius 3 is 2.76 bits per heavy atom. The van der Waals surface area contributed by atoms with Gasteiger partial charge < -0.3 is 9.88 Å². The third kappa shape index (κ3) is 3.03. The number of nitrogens with zero attached hydrogens (tertiary/aromatic N) is 2. The van der Waals surface area contributed by atoms with Crippen LogP contribution in [0.4, 0.5) is 5.69 Å². The molecule has 5 heteroatoms. The molecule has 0 spiro atoms. The van der Waals surface area contributed by atoms with Crippen molar-refractivity contribution in [2.24, 2.45) is 0 Å². The number of imidazole rings is 1. The molecule has 0 saturated carbocycles. The average Bonchev–Trinajstić information content (AvgIpc) is 3.02. The third-order valence-electron chi connectivity index (χ3n) is 3.03. The molecule has 0 aliphatic rings. The Morgan fingerprint density at radius 2 is 2.00 bits per heavy atom. The molecule has 0 atom stereocenters. The molecule has 1 heterocycles. The Hall–Kier alpha value is -2.40. The van der Waals surface area contributed by atoms with Crippen LogP contribution in [0.1, 0.15) is 10.4 Å². The van der Waals surface area contributed by atoms with Crippen LogP contribution in [0, 0.1) is 0 Å². The van der Waals surface area contributed by atoms with E-state index >= 15 is 0 Å². The lowest BCUT2D eigenvalue weighted by molar-refractivity contribution is 0.102. The lowest BCUT2D eigenvalue weighted by Gasteiger charge is -2.09. The molecule has 3 aromatic rings. The van der Waals surface area contributed by atoms with Crippen LogP contribution >= 0.6 is 15.9 Å². The quantitative estimate of drug-likeness (QED) is 0.785. The maximum absolute atomic E-state index is 12.3. The second-order valence-electron chi connectivity index (χ2n) is 4.45. The van der Waals surface area contributed by atoms with Crippen molar-refractivity contribution < 1.29 is 4.79 Å². The highest BCUT2D eigenvalue weighted by molar-refractivity contribution is 9.10. The summed E-state index contributed by atoms with van der Waals surface area (Å²) in [5.41, 5.74) is 2.28. The van der Waals surface area contributed by atoms with Gasteiger partial charge in [0.25, 0.3) is 5.91 Å². The van der Waals surface area contributed by atoms with Crippen LogP contribution in [0.15, 0.2) is 71.7 Å². The van der Waals surface area contributed by atoms with E-state index in [0.717, 1.165) is 15.8 Å². The molecule has 0 bridgehead atoms. The molecule has 0 aliphatic carbocycles. The number of halogens is 1. The molecular formula is C16H12BrN3O. The summed E-state index contributed by atoms with van der Waals surface area (Å²) < 4.78 is 2.65. The van der Waals surface area contributed by atoms with Crippen molar-refractivity contribution in [3.05, 3.63) is 77.3 Å². The standard InChI is InChI=1S/C16H12BrN3O/c17-15-7-2-1-6-14(15)16(21)19-12-4-3-5-13(10-12)20-9-8-18-11-20/h1-11H,(H,19,21). The van der Waals surface area contributed by atoms with Crippen LogP contribution in [0.25, 0.3) is 5.69 Å². The Bertz CT molecular complexity index is 769. The Balaban J connectivity index is 1.84. The normalized spacial score (nSPS) is 10.3. The van der Waals surface area contributed by atoms with E-state index in [0.29, 0.717) is 5.56 Å². The first-order chi connectivity index (χ1) is 10.2. The zero-order valence-corrected chi connectivity index (χ0v) is 12.6. The van der Waals surface area contributed by atoms with Gasteiger partial charge in [-0.05, 0) is 46.3 Å². The van der Waals surface area contributed by atoms with E-state index in [1.165, 1.54) is 0 Å². The number of hydrogen-bond donors (Lipinski definition) is 1. The second kappa shape index (κ2) is 5.93. The molecule has 0 fully saturated rings. The number of carbonyl (C=O) groups excluding carboxylic acids is 1. The highest BCUT2D eigenvalue weighted by atomic mass is 79.9. The fourth-order valence-corrected chi connectivity index (χ4v) is 2.46. The first-order valence-corrected chi connectivity index (χ1v) is 7.17. The molecular weight excluding hydrogens is 330 g/mol. The van der Waals surface area contributed by atoms with Crippen LogP contribution in [-0.4, -0.2) is 15.5 Å². The predicted molar refractivity (Wildman–Crippen MR) is 85.7 cm³/mol. The average molecular weight is 342 g/mol. The molecule has 1 N–H and O–H groups in total. The molecule has 0 radical (unpaired) electrons. The van der Waals surface area contributed by atoms with Crippen molar-refractivity contribution in [3.8, 4) is 5.69 Å². The first-order valence-electron chi connectivity index (χ1n) is 6.38. The summed E-state index contributed by atoms with van der Waals surface area (Å²) in [7, 11) is 0. The van der Waals surface area contributed by atoms with Gasteiger partial charge in [-0.2, -0.15) is 0 Å². The minimum absolute atomic E-state index is 0.148. The molecule has 104 valence electrons. The van der Waals surface area contributed by atoms with Gasteiger partial charge in [0.1, 0.15) is 0 Å². The number of hydrogen-bond acceptors (Lipinski definition) is 2. The molecule has 1 aromatic heterocycles. The van der Waals surface area contributed by atoms with Gasteiger partial charge in [-0.3, -0.25) is 4.79 Å². The first kappa shape index (κ1) is 13.6. The van der Waals surface area contributed by atoms with E-state index < -0.39 is 0 Å². The second-order valence-corrected chi connectivity index (χ2v) is 5.31. The van der Waals surface area contributed by atoms with Gasteiger partial charge in [-0.1, -0.05) is 18.2 Å². The Kier molecular flexibility index (Phi) is 3.83. The zero-order chi connectivity index (χ0) is 14.7. The van der Waals surface area contributed by atoms with Crippen molar-refractivity contribution in [1.82, 2.24) is 9.55 Å². The highest BCUT2D eigenvalue weighted by Crippen LogP contribution is 2.19. The van der Waals surface area contributed by atoms with Gasteiger partial charge in [-0.25, -0.2) is 4.98 Å². The number of amides is 1. The monoisotopic (exact) mass is 341 g/mol. The Morgan fingerprint density at radius 1 is 1.14 bits per heavy atom. The van der Waals surface area contributed by atoms with Crippen molar-refractivity contribution in [2.45, 2.75) is 0 Å². The van der Waals surface area contributed by atoms with Crippen LogP contribution in [0.3, 0.4) is 0 Å². The van der Waals surface area contributed by atoms with Gasteiger partial charge in [0.15, 0.2) is 0 Å². The summed E-state index contributed by atoms with van der Waals surface area (Å²) in [4.78, 5) is 16.3. The maximum Gasteiger partial charge on any atom is 0.256 e. The van der Waals surface area contributed by atoms with E-state index in [4.69, 9.17) is 0 Å². The van der Waals surface area contributed by atoms with E-state index in [1.54, 1.807) is 18.6 Å². The number of carbonyl (C=O) groups is 1.